The average molecular weight is 172 g/mol. The summed E-state index contributed by atoms with van der Waals surface area (Å²) < 4.78 is 0.240. The van der Waals surface area contributed by atoms with Gasteiger partial charge in [0.1, 0.15) is 11.5 Å². The second-order valence-electron chi connectivity index (χ2n) is 1.86. The molecule has 11 heavy (non-hydrogen) atoms. The number of hydrogen-bond acceptors (Lipinski definition) is 6. The number of hydrogen-bond donors (Lipinski definition) is 5. The second-order valence-corrected chi connectivity index (χ2v) is 2.25. The molecule has 0 atom stereocenters. The molecule has 0 aliphatic rings. The minimum Gasteiger partial charge on any atom is -0.393 e. The summed E-state index contributed by atoms with van der Waals surface area (Å²) in [6.45, 7) is 0. The molecule has 60 valence electrons. The summed E-state index contributed by atoms with van der Waals surface area (Å²) >= 11 is 4.72. The van der Waals surface area contributed by atoms with Crippen molar-refractivity contribution in [2.45, 2.75) is 0 Å². The molecule has 0 unspecified atom stereocenters. The molecule has 0 spiro atoms. The van der Waals surface area contributed by atoms with Crippen LogP contribution in [0.1, 0.15) is 0 Å². The number of aromatic amines is 1. The van der Waals surface area contributed by atoms with Crippen molar-refractivity contribution < 1.29 is 0 Å². The minimum atomic E-state index is 0.240. The van der Waals surface area contributed by atoms with Gasteiger partial charge in [0.05, 0.1) is 0 Å². The van der Waals surface area contributed by atoms with Crippen LogP contribution >= 0.6 is 12.2 Å². The van der Waals surface area contributed by atoms with E-state index in [9.17, 15) is 0 Å². The number of anilines is 3. The quantitative estimate of drug-likeness (QED) is 0.223. The third-order valence-electron chi connectivity index (χ3n) is 1.14. The van der Waals surface area contributed by atoms with Crippen LogP contribution in [0.5, 0.6) is 0 Å². The fourth-order valence-corrected chi connectivity index (χ4v) is 0.811. The molecule has 1 aromatic heterocycles. The first kappa shape index (κ1) is 7.76. The molecule has 1 rings (SSSR count). The number of nitrogens with one attached hydrogen (secondary N) is 2. The van der Waals surface area contributed by atoms with Crippen molar-refractivity contribution in [3.63, 3.8) is 0 Å². The zero-order valence-corrected chi connectivity index (χ0v) is 6.40. The minimum absolute atomic E-state index is 0.240. The number of nitrogens with zero attached hydrogens (tertiary/aromatic N) is 1. The molecule has 1 aromatic rings. The summed E-state index contributed by atoms with van der Waals surface area (Å²) in [5.74, 6) is 5.63. The molecule has 0 saturated carbocycles. The Morgan fingerprint density at radius 3 is 2.64 bits per heavy atom. The summed E-state index contributed by atoms with van der Waals surface area (Å²) in [5.41, 5.74) is 13.4. The molecular formula is C4H8N6S. The Morgan fingerprint density at radius 1 is 1.45 bits per heavy atom. The third-order valence-corrected chi connectivity index (χ3v) is 1.33. The van der Waals surface area contributed by atoms with Crippen molar-refractivity contribution in [1.82, 2.24) is 9.97 Å². The van der Waals surface area contributed by atoms with E-state index in [1.807, 2.05) is 0 Å². The molecule has 7 heteroatoms. The molecule has 0 radical (unpaired) electrons. The van der Waals surface area contributed by atoms with Crippen molar-refractivity contribution in [2.75, 3.05) is 16.9 Å². The zero-order chi connectivity index (χ0) is 8.43. The molecule has 0 aliphatic heterocycles. The standard InChI is InChI=1S/C4H8N6S/c5-1-2(6)8-4(11)9-3(1)10-7/h5,7H2,(H4,6,8,9,10,11). The van der Waals surface area contributed by atoms with Crippen molar-refractivity contribution in [3.8, 4) is 0 Å². The maximum atomic E-state index is 5.45. The van der Waals surface area contributed by atoms with Gasteiger partial charge in [-0.2, -0.15) is 4.98 Å². The van der Waals surface area contributed by atoms with Crippen LogP contribution < -0.4 is 22.7 Å². The Bertz CT molecular complexity index is 317. The van der Waals surface area contributed by atoms with Crippen LogP contribution in [0, 0.1) is 4.77 Å². The smallest absolute Gasteiger partial charge is 0.200 e. The van der Waals surface area contributed by atoms with E-state index >= 15 is 0 Å². The van der Waals surface area contributed by atoms with Crippen molar-refractivity contribution in [2.24, 2.45) is 5.84 Å². The number of hydrazine groups is 1. The summed E-state index contributed by atoms with van der Waals surface area (Å²) in [6, 6.07) is 0. The third kappa shape index (κ3) is 1.38. The molecular weight excluding hydrogens is 164 g/mol. The van der Waals surface area contributed by atoms with E-state index in [2.05, 4.69) is 15.4 Å². The van der Waals surface area contributed by atoms with Gasteiger partial charge in [-0.15, -0.1) is 0 Å². The number of rotatable bonds is 1. The Hall–Kier alpha value is -1.34. The van der Waals surface area contributed by atoms with Crippen LogP contribution in [0.2, 0.25) is 0 Å². The fraction of sp³-hybridized carbons (Fsp3) is 0. The molecule has 0 saturated heterocycles. The van der Waals surface area contributed by atoms with Gasteiger partial charge in [-0.25, -0.2) is 5.84 Å². The van der Waals surface area contributed by atoms with E-state index in [-0.39, 0.29) is 22.1 Å². The molecule has 0 aromatic carbocycles. The molecule has 6 nitrogen and oxygen atoms in total. The Morgan fingerprint density at radius 2 is 2.09 bits per heavy atom. The van der Waals surface area contributed by atoms with Gasteiger partial charge < -0.3 is 21.9 Å². The zero-order valence-electron chi connectivity index (χ0n) is 5.59. The highest BCUT2D eigenvalue weighted by Gasteiger charge is 2.01. The van der Waals surface area contributed by atoms with Gasteiger partial charge in [0, 0.05) is 0 Å². The Labute approximate surface area is 67.8 Å². The van der Waals surface area contributed by atoms with Gasteiger partial charge in [-0.1, -0.05) is 0 Å². The van der Waals surface area contributed by atoms with Gasteiger partial charge in [-0.3, -0.25) is 0 Å². The second kappa shape index (κ2) is 2.72. The first-order valence-electron chi connectivity index (χ1n) is 2.77. The lowest BCUT2D eigenvalue weighted by molar-refractivity contribution is 1.12. The van der Waals surface area contributed by atoms with Crippen molar-refractivity contribution >= 4 is 29.5 Å². The van der Waals surface area contributed by atoms with Gasteiger partial charge in [0.15, 0.2) is 10.6 Å². The van der Waals surface area contributed by atoms with Crippen molar-refractivity contribution in [3.05, 3.63) is 4.77 Å². The van der Waals surface area contributed by atoms with E-state index in [1.54, 1.807) is 0 Å². The van der Waals surface area contributed by atoms with Crippen LogP contribution in [0.3, 0.4) is 0 Å². The largest absolute Gasteiger partial charge is 0.393 e. The van der Waals surface area contributed by atoms with E-state index in [1.165, 1.54) is 0 Å². The van der Waals surface area contributed by atoms with Crippen LogP contribution in [-0.4, -0.2) is 9.97 Å². The lowest BCUT2D eigenvalue weighted by atomic mass is 10.4. The van der Waals surface area contributed by atoms with Gasteiger partial charge in [0.25, 0.3) is 0 Å². The van der Waals surface area contributed by atoms with E-state index in [0.717, 1.165) is 0 Å². The number of aromatic nitrogens is 2. The Kier molecular flexibility index (Phi) is 1.92. The lowest BCUT2D eigenvalue weighted by Crippen LogP contribution is -2.13. The first-order valence-corrected chi connectivity index (χ1v) is 3.18. The van der Waals surface area contributed by atoms with Crippen LogP contribution in [-0.2, 0) is 0 Å². The highest BCUT2D eigenvalue weighted by molar-refractivity contribution is 7.71. The number of nitrogen functional groups attached to an aromatic ring is 3. The highest BCUT2D eigenvalue weighted by Crippen LogP contribution is 2.18. The number of nitrogens with two attached hydrogens (primary N) is 3. The van der Waals surface area contributed by atoms with Crippen LogP contribution in [0.4, 0.5) is 17.3 Å². The van der Waals surface area contributed by atoms with Crippen molar-refractivity contribution in [1.29, 1.82) is 0 Å². The molecule has 0 bridgehead atoms. The van der Waals surface area contributed by atoms with Gasteiger partial charge >= 0.3 is 0 Å². The van der Waals surface area contributed by atoms with Crippen LogP contribution in [0.15, 0.2) is 0 Å². The molecule has 8 N–H and O–H groups in total. The van der Waals surface area contributed by atoms with E-state index < -0.39 is 0 Å². The molecule has 1 heterocycles. The molecule has 0 fully saturated rings. The summed E-state index contributed by atoms with van der Waals surface area (Å²) in [7, 11) is 0. The highest BCUT2D eigenvalue weighted by atomic mass is 32.1. The maximum Gasteiger partial charge on any atom is 0.200 e. The van der Waals surface area contributed by atoms with E-state index in [0.29, 0.717) is 0 Å². The Balaban J connectivity index is 3.36. The topological polar surface area (TPSA) is 119 Å². The van der Waals surface area contributed by atoms with Crippen LogP contribution in [0.25, 0.3) is 0 Å². The lowest BCUT2D eigenvalue weighted by Gasteiger charge is -2.04. The summed E-state index contributed by atoms with van der Waals surface area (Å²) in [5, 5.41) is 0. The monoisotopic (exact) mass is 172 g/mol. The first-order chi connectivity index (χ1) is 5.15. The maximum absolute atomic E-state index is 5.45. The predicted molar refractivity (Wildman–Crippen MR) is 46.1 cm³/mol. The molecule has 0 amide bonds. The molecule has 0 aliphatic carbocycles. The van der Waals surface area contributed by atoms with Gasteiger partial charge in [-0.05, 0) is 12.2 Å². The van der Waals surface area contributed by atoms with Gasteiger partial charge in [0.2, 0.25) is 0 Å². The average Bonchev–Trinajstić information content (AvgIpc) is 1.96. The summed E-state index contributed by atoms with van der Waals surface area (Å²) in [6.07, 6.45) is 0. The normalized spacial score (nSPS) is 9.55. The summed E-state index contributed by atoms with van der Waals surface area (Å²) in [4.78, 5) is 6.34. The predicted octanol–water partition coefficient (Wildman–Crippen LogP) is -0.411. The van der Waals surface area contributed by atoms with E-state index in [4.69, 9.17) is 29.5 Å². The fourth-order valence-electron chi connectivity index (χ4n) is 0.610. The number of H-pyrrole nitrogens is 1. The SMILES string of the molecule is NNc1nc(=S)[nH]c(N)c1N.